The highest BCUT2D eigenvalue weighted by Crippen LogP contribution is 2.32. The number of hydrogen-bond acceptors (Lipinski definition) is 4. The first kappa shape index (κ1) is 21.1. The number of alkyl halides is 3. The van der Waals surface area contributed by atoms with Crippen molar-refractivity contribution in [2.75, 3.05) is 6.61 Å². The summed E-state index contributed by atoms with van der Waals surface area (Å²) < 4.78 is 49.4. The fourth-order valence-electron chi connectivity index (χ4n) is 1.77. The van der Waals surface area contributed by atoms with E-state index in [2.05, 4.69) is 15.9 Å². The molecule has 1 aromatic rings. The maximum Gasteiger partial charge on any atom is 0.449 e. The van der Waals surface area contributed by atoms with E-state index in [4.69, 9.17) is 9.47 Å². The van der Waals surface area contributed by atoms with E-state index in [-0.39, 0.29) is 41.0 Å². The second kappa shape index (κ2) is 9.50. The van der Waals surface area contributed by atoms with Crippen LogP contribution in [0.2, 0.25) is 0 Å². The van der Waals surface area contributed by atoms with E-state index in [1.807, 2.05) is 0 Å². The topological polar surface area (TPSA) is 55.8 Å². The van der Waals surface area contributed by atoms with Crippen molar-refractivity contribution in [3.05, 3.63) is 51.9 Å². The lowest BCUT2D eigenvalue weighted by atomic mass is 10.1. The predicted octanol–water partition coefficient (Wildman–Crippen LogP) is 5.19. The summed E-state index contributed by atoms with van der Waals surface area (Å²) in [4.78, 5) is 11.6. The smallest absolute Gasteiger partial charge is 0.449 e. The van der Waals surface area contributed by atoms with Gasteiger partial charge in [0, 0.05) is 18.1 Å². The molecule has 0 bridgehead atoms. The molecular formula is C17H18BrF3O4. The van der Waals surface area contributed by atoms with Gasteiger partial charge in [-0.05, 0) is 28.9 Å². The number of rotatable bonds is 7. The van der Waals surface area contributed by atoms with Crippen LogP contribution in [0.15, 0.2) is 46.3 Å². The number of carbonyl (C=O) groups is 1. The van der Waals surface area contributed by atoms with Gasteiger partial charge in [0.2, 0.25) is 5.76 Å². The molecule has 0 aromatic heterocycles. The molecule has 0 aliphatic heterocycles. The van der Waals surface area contributed by atoms with Gasteiger partial charge in [-0.25, -0.2) is 0 Å². The molecule has 0 amide bonds. The van der Waals surface area contributed by atoms with Crippen molar-refractivity contribution in [3.8, 4) is 5.75 Å². The van der Waals surface area contributed by atoms with Crippen molar-refractivity contribution >= 4 is 21.9 Å². The van der Waals surface area contributed by atoms with Gasteiger partial charge < -0.3 is 14.6 Å². The molecule has 1 aromatic carbocycles. The third-order valence-corrected chi connectivity index (χ3v) is 3.67. The third-order valence-electron chi connectivity index (χ3n) is 2.98. The van der Waals surface area contributed by atoms with Crippen LogP contribution in [0.1, 0.15) is 25.8 Å². The van der Waals surface area contributed by atoms with E-state index in [1.54, 1.807) is 19.9 Å². The van der Waals surface area contributed by atoms with Crippen LogP contribution in [-0.4, -0.2) is 23.9 Å². The molecular weight excluding hydrogens is 405 g/mol. The average molecular weight is 423 g/mol. The number of esters is 1. The number of hydrogen-bond donors (Lipinski definition) is 1. The molecule has 0 saturated carbocycles. The van der Waals surface area contributed by atoms with Crippen molar-refractivity contribution in [2.24, 2.45) is 0 Å². The second-order valence-corrected chi connectivity index (χ2v) is 5.70. The minimum Gasteiger partial charge on any atom is -0.511 e. The molecule has 0 spiro atoms. The first-order valence-corrected chi connectivity index (χ1v) is 8.26. The monoisotopic (exact) mass is 422 g/mol. The van der Waals surface area contributed by atoms with Gasteiger partial charge in [-0.3, -0.25) is 4.79 Å². The predicted molar refractivity (Wildman–Crippen MR) is 90.4 cm³/mol. The number of aliphatic hydroxyl groups excluding tert-OH is 1. The summed E-state index contributed by atoms with van der Waals surface area (Å²) in [5.74, 6) is -2.25. The van der Waals surface area contributed by atoms with Crippen molar-refractivity contribution in [3.63, 3.8) is 0 Å². The maximum absolute atomic E-state index is 13.2. The Hall–Kier alpha value is -1.96. The van der Waals surface area contributed by atoms with Gasteiger partial charge in [0.15, 0.2) is 0 Å². The van der Waals surface area contributed by atoms with Crippen molar-refractivity contribution < 1.29 is 32.5 Å². The minimum atomic E-state index is -4.79. The van der Waals surface area contributed by atoms with E-state index < -0.39 is 17.9 Å². The summed E-state index contributed by atoms with van der Waals surface area (Å²) in [5, 5.41) is 9.54. The highest BCUT2D eigenvalue weighted by molar-refractivity contribution is 9.11. The Bertz CT molecular complexity index is 666. The molecule has 1 N–H and O–H groups in total. The molecule has 25 heavy (non-hydrogen) atoms. The van der Waals surface area contributed by atoms with E-state index in [1.165, 1.54) is 18.2 Å². The van der Waals surface area contributed by atoms with Crippen LogP contribution in [0.3, 0.4) is 0 Å². The number of allylic oxidation sites excluding steroid dienone is 4. The number of para-hydroxylation sites is 1. The van der Waals surface area contributed by atoms with Crippen LogP contribution in [0, 0.1) is 0 Å². The SMILES string of the molecule is CCOC(=O)Cc1ccccc1O/C(=C/C(Br)=C(/O)CC)C(F)(F)F. The maximum atomic E-state index is 13.2. The molecule has 0 saturated heterocycles. The Labute approximate surface area is 152 Å². The lowest BCUT2D eigenvalue weighted by Gasteiger charge is -2.16. The molecule has 4 nitrogen and oxygen atoms in total. The van der Waals surface area contributed by atoms with E-state index >= 15 is 0 Å². The van der Waals surface area contributed by atoms with Gasteiger partial charge in [-0.1, -0.05) is 25.1 Å². The van der Waals surface area contributed by atoms with Crippen LogP contribution >= 0.6 is 15.9 Å². The molecule has 0 heterocycles. The highest BCUT2D eigenvalue weighted by Gasteiger charge is 2.37. The quantitative estimate of drug-likeness (QED) is 0.373. The Morgan fingerprint density at radius 3 is 2.48 bits per heavy atom. The summed E-state index contributed by atoms with van der Waals surface area (Å²) >= 11 is 2.89. The van der Waals surface area contributed by atoms with Crippen LogP contribution in [0.5, 0.6) is 5.75 Å². The fourth-order valence-corrected chi connectivity index (χ4v) is 2.26. The summed E-state index contributed by atoms with van der Waals surface area (Å²) in [6.45, 7) is 3.39. The number of aliphatic hydroxyl groups is 1. The van der Waals surface area contributed by atoms with Crippen LogP contribution in [-0.2, 0) is 16.0 Å². The van der Waals surface area contributed by atoms with Gasteiger partial charge >= 0.3 is 12.1 Å². The standard InChI is InChI=1S/C17H18BrF3O4/c1-3-13(22)12(18)10-15(17(19,20)21)25-14-8-6-5-7-11(14)9-16(23)24-4-2/h5-8,10,22H,3-4,9H2,1-2H3/b13-12-,15-10+. The van der Waals surface area contributed by atoms with Crippen LogP contribution in [0.4, 0.5) is 13.2 Å². The Morgan fingerprint density at radius 1 is 1.28 bits per heavy atom. The normalized spacial score (nSPS) is 13.3. The molecule has 0 aliphatic rings. The summed E-state index contributed by atoms with van der Waals surface area (Å²) in [5.41, 5.74) is 0.260. The number of ether oxygens (including phenoxy) is 2. The first-order chi connectivity index (χ1) is 11.7. The molecule has 8 heteroatoms. The average Bonchev–Trinajstić information content (AvgIpc) is 2.54. The molecule has 0 radical (unpaired) electrons. The molecule has 0 aliphatic carbocycles. The number of halogens is 4. The van der Waals surface area contributed by atoms with Crippen molar-refractivity contribution in [1.82, 2.24) is 0 Å². The zero-order valence-corrected chi connectivity index (χ0v) is 15.3. The minimum absolute atomic E-state index is 0.115. The highest BCUT2D eigenvalue weighted by atomic mass is 79.9. The largest absolute Gasteiger partial charge is 0.511 e. The van der Waals surface area contributed by atoms with E-state index in [0.29, 0.717) is 6.08 Å². The van der Waals surface area contributed by atoms with Gasteiger partial charge in [0.25, 0.3) is 0 Å². The zero-order chi connectivity index (χ0) is 19.0. The van der Waals surface area contributed by atoms with E-state index in [0.717, 1.165) is 0 Å². The van der Waals surface area contributed by atoms with Gasteiger partial charge in [0.1, 0.15) is 11.5 Å². The lowest BCUT2D eigenvalue weighted by Crippen LogP contribution is -2.18. The lowest BCUT2D eigenvalue weighted by molar-refractivity contribution is -0.142. The molecule has 0 atom stereocenters. The molecule has 138 valence electrons. The van der Waals surface area contributed by atoms with Crippen molar-refractivity contribution in [1.29, 1.82) is 0 Å². The Kier molecular flexibility index (Phi) is 8.02. The number of benzene rings is 1. The summed E-state index contributed by atoms with van der Waals surface area (Å²) in [7, 11) is 0. The van der Waals surface area contributed by atoms with Gasteiger partial charge in [-0.2, -0.15) is 13.2 Å². The fraction of sp³-hybridized carbons (Fsp3) is 0.353. The Morgan fingerprint density at radius 2 is 1.92 bits per heavy atom. The van der Waals surface area contributed by atoms with Crippen LogP contribution < -0.4 is 4.74 Å². The molecule has 0 unspecified atom stereocenters. The van der Waals surface area contributed by atoms with E-state index in [9.17, 15) is 23.1 Å². The summed E-state index contributed by atoms with van der Waals surface area (Å²) in [6.07, 6.45) is -4.20. The molecule has 0 fully saturated rings. The van der Waals surface area contributed by atoms with Crippen LogP contribution in [0.25, 0.3) is 0 Å². The molecule has 1 rings (SSSR count). The Balaban J connectivity index is 3.19. The van der Waals surface area contributed by atoms with Gasteiger partial charge in [-0.15, -0.1) is 0 Å². The van der Waals surface area contributed by atoms with Crippen molar-refractivity contribution in [2.45, 2.75) is 32.9 Å². The zero-order valence-electron chi connectivity index (χ0n) is 13.7. The third kappa shape index (κ3) is 6.81. The number of carbonyl (C=O) groups excluding carboxylic acids is 1. The second-order valence-electron chi connectivity index (χ2n) is 4.85. The summed E-state index contributed by atoms with van der Waals surface area (Å²) in [6, 6.07) is 5.88. The van der Waals surface area contributed by atoms with Gasteiger partial charge in [0.05, 0.1) is 17.5 Å². The first-order valence-electron chi connectivity index (χ1n) is 7.46.